The normalized spacial score (nSPS) is 28.6. The van der Waals surface area contributed by atoms with Gasteiger partial charge in [-0.2, -0.15) is 4.98 Å². The van der Waals surface area contributed by atoms with Crippen LogP contribution >= 0.6 is 0 Å². The molecular formula is C13H22N4O2. The van der Waals surface area contributed by atoms with E-state index in [0.29, 0.717) is 12.0 Å². The fraction of sp³-hybridized carbons (Fsp3) is 0.846. The summed E-state index contributed by atoms with van der Waals surface area (Å²) in [6.07, 6.45) is 4.65. The number of nitrogens with zero attached hydrogens (tertiary/aromatic N) is 3. The smallest absolute Gasteiger partial charge is 0.266 e. The van der Waals surface area contributed by atoms with Gasteiger partial charge in [0.15, 0.2) is 0 Å². The zero-order valence-electron chi connectivity index (χ0n) is 11.5. The monoisotopic (exact) mass is 266 g/mol. The van der Waals surface area contributed by atoms with Crippen molar-refractivity contribution in [1.82, 2.24) is 15.5 Å². The molecule has 0 bridgehead atoms. The fourth-order valence-corrected chi connectivity index (χ4v) is 2.91. The van der Waals surface area contributed by atoms with Crippen LogP contribution in [0.15, 0.2) is 4.52 Å². The molecule has 0 unspecified atom stereocenters. The van der Waals surface area contributed by atoms with Crippen molar-refractivity contribution in [3.05, 3.63) is 5.89 Å². The third kappa shape index (κ3) is 2.90. The van der Waals surface area contributed by atoms with Crippen LogP contribution in [0.4, 0.5) is 5.95 Å². The minimum absolute atomic E-state index is 0.437. The first-order chi connectivity index (χ1) is 9.36. The van der Waals surface area contributed by atoms with Gasteiger partial charge in [0, 0.05) is 25.0 Å². The predicted octanol–water partition coefficient (Wildman–Crippen LogP) is 1.15. The molecule has 1 aliphatic carbocycles. The third-order valence-corrected chi connectivity index (χ3v) is 4.21. The SMILES string of the molecule is CNC1CCC(c2nc(N3CCOCC3)no2)CC1. The Kier molecular flexibility index (Phi) is 3.98. The fourth-order valence-electron chi connectivity index (χ4n) is 2.91. The highest BCUT2D eigenvalue weighted by atomic mass is 16.5. The van der Waals surface area contributed by atoms with Crippen LogP contribution in [0.2, 0.25) is 0 Å². The van der Waals surface area contributed by atoms with Crippen molar-refractivity contribution in [3.8, 4) is 0 Å². The van der Waals surface area contributed by atoms with Gasteiger partial charge < -0.3 is 19.5 Å². The maximum Gasteiger partial charge on any atom is 0.266 e. The van der Waals surface area contributed by atoms with E-state index in [1.165, 1.54) is 12.8 Å². The van der Waals surface area contributed by atoms with Gasteiger partial charge in [-0.25, -0.2) is 0 Å². The van der Waals surface area contributed by atoms with Gasteiger partial charge in [-0.3, -0.25) is 0 Å². The van der Waals surface area contributed by atoms with Gasteiger partial charge in [-0.15, -0.1) is 0 Å². The van der Waals surface area contributed by atoms with Crippen molar-refractivity contribution in [1.29, 1.82) is 0 Å². The number of morpholine rings is 1. The maximum atomic E-state index is 5.46. The number of hydrogen-bond donors (Lipinski definition) is 1. The molecule has 0 amide bonds. The van der Waals surface area contributed by atoms with Gasteiger partial charge in [0.2, 0.25) is 5.89 Å². The minimum Gasteiger partial charge on any atom is -0.378 e. The Hall–Kier alpha value is -1.14. The van der Waals surface area contributed by atoms with E-state index in [4.69, 9.17) is 9.26 Å². The second-order valence-corrected chi connectivity index (χ2v) is 5.37. The molecule has 0 aromatic carbocycles. The van der Waals surface area contributed by atoms with Crippen molar-refractivity contribution in [3.63, 3.8) is 0 Å². The lowest BCUT2D eigenvalue weighted by atomic mass is 9.86. The summed E-state index contributed by atoms with van der Waals surface area (Å²) in [4.78, 5) is 6.72. The van der Waals surface area contributed by atoms with Crippen molar-refractivity contribution in [2.24, 2.45) is 0 Å². The van der Waals surface area contributed by atoms with Crippen LogP contribution in [-0.4, -0.2) is 49.5 Å². The molecule has 6 nitrogen and oxygen atoms in total. The Morgan fingerprint density at radius 1 is 1.16 bits per heavy atom. The first-order valence-corrected chi connectivity index (χ1v) is 7.20. The molecule has 3 rings (SSSR count). The molecule has 0 spiro atoms. The highest BCUT2D eigenvalue weighted by Crippen LogP contribution is 2.32. The summed E-state index contributed by atoms with van der Waals surface area (Å²) in [5.74, 6) is 1.98. The Bertz CT molecular complexity index is 395. The second kappa shape index (κ2) is 5.88. The summed E-state index contributed by atoms with van der Waals surface area (Å²) in [6.45, 7) is 3.20. The van der Waals surface area contributed by atoms with Crippen LogP contribution in [0.1, 0.15) is 37.5 Å². The molecule has 1 aromatic heterocycles. The maximum absolute atomic E-state index is 5.46. The van der Waals surface area contributed by atoms with Gasteiger partial charge in [-0.1, -0.05) is 0 Å². The van der Waals surface area contributed by atoms with E-state index in [-0.39, 0.29) is 0 Å². The van der Waals surface area contributed by atoms with Crippen LogP contribution in [0.3, 0.4) is 0 Å². The molecule has 2 aliphatic rings. The summed E-state index contributed by atoms with van der Waals surface area (Å²) in [5, 5.41) is 7.47. The van der Waals surface area contributed by atoms with Crippen molar-refractivity contribution in [2.75, 3.05) is 38.3 Å². The summed E-state index contributed by atoms with van der Waals surface area (Å²) in [5.41, 5.74) is 0. The molecule has 19 heavy (non-hydrogen) atoms. The first kappa shape index (κ1) is 12.9. The average Bonchev–Trinajstić information content (AvgIpc) is 2.98. The summed E-state index contributed by atoms with van der Waals surface area (Å²) in [7, 11) is 2.04. The first-order valence-electron chi connectivity index (χ1n) is 7.20. The average molecular weight is 266 g/mol. The standard InChI is InChI=1S/C13H22N4O2/c1-14-11-4-2-10(3-5-11)12-15-13(16-19-12)17-6-8-18-9-7-17/h10-11,14H,2-9H2,1H3. The van der Waals surface area contributed by atoms with Crippen LogP contribution in [-0.2, 0) is 4.74 Å². The third-order valence-electron chi connectivity index (χ3n) is 4.21. The molecular weight excluding hydrogens is 244 g/mol. The van der Waals surface area contributed by atoms with Gasteiger partial charge in [0.1, 0.15) is 0 Å². The molecule has 1 aliphatic heterocycles. The molecule has 2 heterocycles. The van der Waals surface area contributed by atoms with Crippen LogP contribution in [0.25, 0.3) is 0 Å². The molecule has 1 saturated heterocycles. The number of ether oxygens (including phenoxy) is 1. The zero-order chi connectivity index (χ0) is 13.1. The molecule has 106 valence electrons. The van der Waals surface area contributed by atoms with Gasteiger partial charge in [0.25, 0.3) is 5.95 Å². The van der Waals surface area contributed by atoms with Gasteiger partial charge in [-0.05, 0) is 37.9 Å². The van der Waals surface area contributed by atoms with E-state index in [1.54, 1.807) is 0 Å². The molecule has 1 N–H and O–H groups in total. The molecule has 0 atom stereocenters. The van der Waals surface area contributed by atoms with E-state index in [0.717, 1.165) is 51.0 Å². The zero-order valence-corrected chi connectivity index (χ0v) is 11.5. The molecule has 6 heteroatoms. The van der Waals surface area contributed by atoms with Gasteiger partial charge in [0.05, 0.1) is 13.2 Å². The largest absolute Gasteiger partial charge is 0.378 e. The van der Waals surface area contributed by atoms with Crippen molar-refractivity contribution < 1.29 is 9.26 Å². The van der Waals surface area contributed by atoms with E-state index < -0.39 is 0 Å². The number of aromatic nitrogens is 2. The quantitative estimate of drug-likeness (QED) is 0.885. The number of anilines is 1. The van der Waals surface area contributed by atoms with Crippen LogP contribution in [0.5, 0.6) is 0 Å². The Morgan fingerprint density at radius 3 is 2.58 bits per heavy atom. The number of hydrogen-bond acceptors (Lipinski definition) is 6. The lowest BCUT2D eigenvalue weighted by Crippen LogP contribution is -2.36. The lowest BCUT2D eigenvalue weighted by Gasteiger charge is -2.26. The molecule has 1 saturated carbocycles. The van der Waals surface area contributed by atoms with Gasteiger partial charge >= 0.3 is 0 Å². The highest BCUT2D eigenvalue weighted by molar-refractivity contribution is 5.28. The summed E-state index contributed by atoms with van der Waals surface area (Å²) >= 11 is 0. The lowest BCUT2D eigenvalue weighted by molar-refractivity contribution is 0.121. The van der Waals surface area contributed by atoms with Crippen LogP contribution in [0, 0.1) is 0 Å². The molecule has 0 radical (unpaired) electrons. The van der Waals surface area contributed by atoms with E-state index in [9.17, 15) is 0 Å². The van der Waals surface area contributed by atoms with Crippen molar-refractivity contribution >= 4 is 5.95 Å². The van der Waals surface area contributed by atoms with E-state index in [2.05, 4.69) is 20.4 Å². The number of rotatable bonds is 3. The Labute approximate surface area is 113 Å². The van der Waals surface area contributed by atoms with Crippen molar-refractivity contribution in [2.45, 2.75) is 37.6 Å². The second-order valence-electron chi connectivity index (χ2n) is 5.37. The van der Waals surface area contributed by atoms with Crippen LogP contribution < -0.4 is 10.2 Å². The summed E-state index contributed by atoms with van der Waals surface area (Å²) < 4.78 is 10.8. The number of nitrogens with one attached hydrogen (secondary N) is 1. The van der Waals surface area contributed by atoms with E-state index >= 15 is 0 Å². The topological polar surface area (TPSA) is 63.4 Å². The summed E-state index contributed by atoms with van der Waals surface area (Å²) in [6, 6.07) is 0.651. The Balaban J connectivity index is 1.61. The molecule has 2 fully saturated rings. The van der Waals surface area contributed by atoms with E-state index in [1.807, 2.05) is 7.05 Å². The Morgan fingerprint density at radius 2 is 1.89 bits per heavy atom. The molecule has 1 aromatic rings. The highest BCUT2D eigenvalue weighted by Gasteiger charge is 2.27. The predicted molar refractivity (Wildman–Crippen MR) is 71.4 cm³/mol. The minimum atomic E-state index is 0.437.